The Balaban J connectivity index is 1.57. The molecule has 5 atom stereocenters. The molecule has 0 bridgehead atoms. The summed E-state index contributed by atoms with van der Waals surface area (Å²) < 4.78 is 10.3. The number of nitrogens with one attached hydrogen (secondary N) is 1. The Labute approximate surface area is 196 Å². The van der Waals surface area contributed by atoms with Gasteiger partial charge in [-0.2, -0.15) is 0 Å². The molecule has 2 aliphatic rings. The zero-order chi connectivity index (χ0) is 23.8. The zero-order valence-electron chi connectivity index (χ0n) is 19.9. The summed E-state index contributed by atoms with van der Waals surface area (Å²) in [4.78, 5) is 23.2. The molecular formula is C26H39NO6. The van der Waals surface area contributed by atoms with Crippen LogP contribution in [0, 0.1) is 17.8 Å². The van der Waals surface area contributed by atoms with Crippen LogP contribution in [0.25, 0.3) is 0 Å². The molecule has 0 saturated heterocycles. The minimum atomic E-state index is -0.505. The summed E-state index contributed by atoms with van der Waals surface area (Å²) >= 11 is 0. The number of aliphatic hydroxyl groups excluding tert-OH is 2. The largest absolute Gasteiger partial charge is 0.483 e. The van der Waals surface area contributed by atoms with E-state index in [1.165, 1.54) is 12.7 Å². The van der Waals surface area contributed by atoms with Crippen molar-refractivity contribution in [3.8, 4) is 5.75 Å². The van der Waals surface area contributed by atoms with Crippen molar-refractivity contribution in [2.24, 2.45) is 17.8 Å². The molecule has 0 aromatic heterocycles. The fourth-order valence-corrected chi connectivity index (χ4v) is 5.54. The Bertz CT molecular complexity index is 797. The number of esters is 1. The SMILES string of the molecule is CCCCCC(O)CCC1C(O)CC2Cc3c(cccc3OCC(=O)NCC(=O)OC)CC21. The van der Waals surface area contributed by atoms with Crippen LogP contribution < -0.4 is 10.1 Å². The minimum Gasteiger partial charge on any atom is -0.483 e. The number of benzene rings is 1. The normalized spacial score (nSPS) is 24.5. The number of ether oxygens (including phenoxy) is 2. The number of aliphatic hydroxyl groups is 2. The Kier molecular flexibility index (Phi) is 9.56. The predicted octanol–water partition coefficient (Wildman–Crippen LogP) is 2.79. The smallest absolute Gasteiger partial charge is 0.325 e. The van der Waals surface area contributed by atoms with Crippen LogP contribution in [0.3, 0.4) is 0 Å². The summed E-state index contributed by atoms with van der Waals surface area (Å²) in [6.07, 6.45) is 7.72. The van der Waals surface area contributed by atoms with Crippen LogP contribution >= 0.6 is 0 Å². The van der Waals surface area contributed by atoms with Gasteiger partial charge in [-0.05, 0) is 73.5 Å². The van der Waals surface area contributed by atoms with Crippen molar-refractivity contribution in [2.75, 3.05) is 20.3 Å². The van der Waals surface area contributed by atoms with Crippen LogP contribution in [-0.4, -0.2) is 54.6 Å². The maximum absolute atomic E-state index is 12.0. The standard InChI is InChI=1S/C26H39NO6/c1-3-4-5-8-19(28)10-11-20-21-12-17-7-6-9-24(22(17)13-18(21)14-23(20)29)33-16-25(30)27-15-26(31)32-2/h6-7,9,18-21,23,28-29H,3-5,8,10-16H2,1-2H3,(H,27,30). The first-order valence-electron chi connectivity index (χ1n) is 12.4. The van der Waals surface area contributed by atoms with Crippen LogP contribution in [0.15, 0.2) is 18.2 Å². The maximum atomic E-state index is 12.0. The number of unbranched alkanes of at least 4 members (excludes halogenated alkanes) is 2. The molecule has 33 heavy (non-hydrogen) atoms. The first kappa shape index (κ1) is 25.5. The molecule has 1 saturated carbocycles. The third-order valence-corrected chi connectivity index (χ3v) is 7.34. The highest BCUT2D eigenvalue weighted by Gasteiger charge is 2.44. The van der Waals surface area contributed by atoms with Crippen LogP contribution in [0.2, 0.25) is 0 Å². The molecule has 0 radical (unpaired) electrons. The zero-order valence-corrected chi connectivity index (χ0v) is 19.9. The van der Waals surface area contributed by atoms with E-state index in [4.69, 9.17) is 4.74 Å². The molecule has 184 valence electrons. The molecule has 1 aromatic rings. The summed E-state index contributed by atoms with van der Waals surface area (Å²) in [5.41, 5.74) is 2.33. The van der Waals surface area contributed by atoms with Crippen molar-refractivity contribution in [1.82, 2.24) is 5.32 Å². The molecule has 1 fully saturated rings. The molecule has 7 nitrogen and oxygen atoms in total. The average Bonchev–Trinajstić information content (AvgIpc) is 3.12. The van der Waals surface area contributed by atoms with Crippen molar-refractivity contribution in [1.29, 1.82) is 0 Å². The molecular weight excluding hydrogens is 422 g/mol. The Morgan fingerprint density at radius 1 is 1.21 bits per heavy atom. The van der Waals surface area contributed by atoms with Gasteiger partial charge in [0.05, 0.1) is 19.3 Å². The molecule has 3 N–H and O–H groups in total. The van der Waals surface area contributed by atoms with Crippen LogP contribution in [-0.2, 0) is 27.2 Å². The minimum absolute atomic E-state index is 0.164. The number of fused-ring (bicyclic) bond motifs is 2. The highest BCUT2D eigenvalue weighted by molar-refractivity contribution is 5.82. The highest BCUT2D eigenvalue weighted by Crippen LogP contribution is 2.48. The van der Waals surface area contributed by atoms with Crippen LogP contribution in [0.5, 0.6) is 5.75 Å². The van der Waals surface area contributed by atoms with E-state index in [2.05, 4.69) is 23.0 Å². The number of hydrogen-bond donors (Lipinski definition) is 3. The first-order valence-corrected chi connectivity index (χ1v) is 12.4. The van der Waals surface area contributed by atoms with Gasteiger partial charge in [-0.3, -0.25) is 9.59 Å². The van der Waals surface area contributed by atoms with E-state index in [1.54, 1.807) is 0 Å². The fraction of sp³-hybridized carbons (Fsp3) is 0.692. The molecule has 0 aliphatic heterocycles. The summed E-state index contributed by atoms with van der Waals surface area (Å²) in [6.45, 7) is 1.82. The second-order valence-electron chi connectivity index (χ2n) is 9.56. The fourth-order valence-electron chi connectivity index (χ4n) is 5.54. The van der Waals surface area contributed by atoms with Crippen molar-refractivity contribution >= 4 is 11.9 Å². The van der Waals surface area contributed by atoms with Gasteiger partial charge in [-0.15, -0.1) is 0 Å². The second-order valence-corrected chi connectivity index (χ2v) is 9.56. The van der Waals surface area contributed by atoms with Crippen molar-refractivity contribution < 1.29 is 29.3 Å². The third-order valence-electron chi connectivity index (χ3n) is 7.34. The molecule has 5 unspecified atom stereocenters. The van der Waals surface area contributed by atoms with Gasteiger partial charge in [0, 0.05) is 0 Å². The van der Waals surface area contributed by atoms with Gasteiger partial charge in [-0.25, -0.2) is 0 Å². The van der Waals surface area contributed by atoms with Crippen molar-refractivity contribution in [3.05, 3.63) is 29.3 Å². The number of methoxy groups -OCH3 is 1. The van der Waals surface area contributed by atoms with Gasteiger partial charge in [0.25, 0.3) is 5.91 Å². The molecule has 0 spiro atoms. The van der Waals surface area contributed by atoms with Gasteiger partial charge in [-0.1, -0.05) is 38.3 Å². The van der Waals surface area contributed by atoms with E-state index in [0.29, 0.717) is 17.6 Å². The monoisotopic (exact) mass is 461 g/mol. The molecule has 1 amide bonds. The lowest BCUT2D eigenvalue weighted by Crippen LogP contribution is -2.34. The summed E-state index contributed by atoms with van der Waals surface area (Å²) in [5.74, 6) is 0.831. The lowest BCUT2D eigenvalue weighted by atomic mass is 9.73. The molecule has 0 heterocycles. The Morgan fingerprint density at radius 3 is 2.79 bits per heavy atom. The van der Waals surface area contributed by atoms with E-state index in [9.17, 15) is 19.8 Å². The van der Waals surface area contributed by atoms with E-state index in [-0.39, 0.29) is 37.2 Å². The van der Waals surface area contributed by atoms with Gasteiger partial charge in [0.1, 0.15) is 12.3 Å². The second kappa shape index (κ2) is 12.4. The maximum Gasteiger partial charge on any atom is 0.325 e. The number of hydrogen-bond acceptors (Lipinski definition) is 6. The Hall–Kier alpha value is -2.12. The number of carbonyl (C=O) groups is 2. The van der Waals surface area contributed by atoms with E-state index in [0.717, 1.165) is 63.4 Å². The topological polar surface area (TPSA) is 105 Å². The van der Waals surface area contributed by atoms with Crippen LogP contribution in [0.1, 0.15) is 63.0 Å². The molecule has 7 heteroatoms. The van der Waals surface area contributed by atoms with Gasteiger partial charge in [0.2, 0.25) is 0 Å². The van der Waals surface area contributed by atoms with E-state index >= 15 is 0 Å². The summed E-state index contributed by atoms with van der Waals surface area (Å²) in [6, 6.07) is 5.93. The van der Waals surface area contributed by atoms with Gasteiger partial charge in [0.15, 0.2) is 6.61 Å². The molecule has 3 rings (SSSR count). The summed E-state index contributed by atoms with van der Waals surface area (Å²) in [7, 11) is 1.27. The van der Waals surface area contributed by atoms with E-state index in [1.807, 2.05) is 12.1 Å². The Morgan fingerprint density at radius 2 is 2.03 bits per heavy atom. The van der Waals surface area contributed by atoms with Crippen LogP contribution in [0.4, 0.5) is 0 Å². The predicted molar refractivity (Wildman–Crippen MR) is 125 cm³/mol. The van der Waals surface area contributed by atoms with E-state index < -0.39 is 5.97 Å². The lowest BCUT2D eigenvalue weighted by Gasteiger charge is -2.32. The van der Waals surface area contributed by atoms with Gasteiger partial charge >= 0.3 is 5.97 Å². The quantitative estimate of drug-likeness (QED) is 0.327. The number of carbonyl (C=O) groups excluding carboxylic acids is 2. The molecule has 1 aromatic carbocycles. The van der Waals surface area contributed by atoms with Crippen molar-refractivity contribution in [3.63, 3.8) is 0 Å². The van der Waals surface area contributed by atoms with Crippen molar-refractivity contribution in [2.45, 2.75) is 76.9 Å². The molecule has 2 aliphatic carbocycles. The number of amides is 1. The number of rotatable bonds is 12. The third kappa shape index (κ3) is 6.93. The lowest BCUT2D eigenvalue weighted by molar-refractivity contribution is -0.141. The first-order chi connectivity index (χ1) is 15.9. The average molecular weight is 462 g/mol. The highest BCUT2D eigenvalue weighted by atomic mass is 16.5. The van der Waals surface area contributed by atoms with Gasteiger partial charge < -0.3 is 25.0 Å². The summed E-state index contributed by atoms with van der Waals surface area (Å²) in [5, 5.41) is 23.6.